The van der Waals surface area contributed by atoms with Crippen LogP contribution in [0.1, 0.15) is 27.2 Å². The standard InChI is InChI=1S/C12H19FN2O2S/c1-4-8(2)9(3)15-18(16,17)12-10(13)6-5-7-11(12)14/h5-9,15H,4,14H2,1-3H3. The Morgan fingerprint density at radius 1 is 1.39 bits per heavy atom. The molecule has 0 saturated heterocycles. The number of hydrogen-bond acceptors (Lipinski definition) is 3. The summed E-state index contributed by atoms with van der Waals surface area (Å²) in [5, 5.41) is 0. The van der Waals surface area contributed by atoms with E-state index in [1.165, 1.54) is 12.1 Å². The van der Waals surface area contributed by atoms with Gasteiger partial charge in [0.2, 0.25) is 10.0 Å². The fourth-order valence-corrected chi connectivity index (χ4v) is 3.13. The summed E-state index contributed by atoms with van der Waals surface area (Å²) in [5.74, 6) is -0.674. The highest BCUT2D eigenvalue weighted by Gasteiger charge is 2.25. The van der Waals surface area contributed by atoms with Gasteiger partial charge < -0.3 is 5.73 Å². The molecule has 18 heavy (non-hydrogen) atoms. The summed E-state index contributed by atoms with van der Waals surface area (Å²) >= 11 is 0. The molecule has 1 aromatic rings. The Morgan fingerprint density at radius 2 is 2.00 bits per heavy atom. The number of anilines is 1. The van der Waals surface area contributed by atoms with Crippen LogP contribution in [-0.2, 0) is 10.0 Å². The summed E-state index contributed by atoms with van der Waals surface area (Å²) in [4.78, 5) is -0.472. The van der Waals surface area contributed by atoms with Crippen molar-refractivity contribution in [2.75, 3.05) is 5.73 Å². The minimum absolute atomic E-state index is 0.0844. The van der Waals surface area contributed by atoms with E-state index in [0.717, 1.165) is 12.5 Å². The normalized spacial score (nSPS) is 15.3. The van der Waals surface area contributed by atoms with Crippen molar-refractivity contribution < 1.29 is 12.8 Å². The molecule has 0 heterocycles. The van der Waals surface area contributed by atoms with Crippen LogP contribution in [0.25, 0.3) is 0 Å². The van der Waals surface area contributed by atoms with Crippen LogP contribution >= 0.6 is 0 Å². The largest absolute Gasteiger partial charge is 0.398 e. The summed E-state index contributed by atoms with van der Waals surface area (Å²) in [6.07, 6.45) is 0.830. The molecule has 0 saturated carbocycles. The zero-order valence-electron chi connectivity index (χ0n) is 10.8. The second-order valence-corrected chi connectivity index (χ2v) is 6.10. The highest BCUT2D eigenvalue weighted by atomic mass is 32.2. The van der Waals surface area contributed by atoms with Gasteiger partial charge in [-0.1, -0.05) is 26.3 Å². The van der Waals surface area contributed by atoms with Crippen LogP contribution in [0.3, 0.4) is 0 Å². The Kier molecular flexibility index (Phi) is 4.70. The van der Waals surface area contributed by atoms with Crippen LogP contribution in [0.5, 0.6) is 0 Å². The van der Waals surface area contributed by atoms with Crippen molar-refractivity contribution in [3.05, 3.63) is 24.0 Å². The highest BCUT2D eigenvalue weighted by molar-refractivity contribution is 7.89. The summed E-state index contributed by atoms with van der Waals surface area (Å²) in [7, 11) is -3.93. The fourth-order valence-electron chi connectivity index (χ4n) is 1.58. The molecule has 0 aromatic heterocycles. The van der Waals surface area contributed by atoms with Gasteiger partial charge in [-0.2, -0.15) is 0 Å². The van der Waals surface area contributed by atoms with E-state index in [2.05, 4.69) is 4.72 Å². The first kappa shape index (κ1) is 14.9. The van der Waals surface area contributed by atoms with Crippen molar-refractivity contribution in [3.8, 4) is 0 Å². The number of rotatable bonds is 5. The van der Waals surface area contributed by atoms with Crippen molar-refractivity contribution in [2.45, 2.75) is 38.1 Å². The predicted molar refractivity (Wildman–Crippen MR) is 70.1 cm³/mol. The smallest absolute Gasteiger partial charge is 0.245 e. The Balaban J connectivity index is 3.08. The molecule has 0 aliphatic rings. The van der Waals surface area contributed by atoms with Crippen molar-refractivity contribution in [3.63, 3.8) is 0 Å². The summed E-state index contributed by atoms with van der Waals surface area (Å²) in [6.45, 7) is 5.65. The molecule has 6 heteroatoms. The van der Waals surface area contributed by atoms with Crippen LogP contribution in [0, 0.1) is 11.7 Å². The molecule has 3 N–H and O–H groups in total. The Morgan fingerprint density at radius 3 is 2.50 bits per heavy atom. The number of hydrogen-bond donors (Lipinski definition) is 2. The predicted octanol–water partition coefficient (Wildman–Crippen LogP) is 2.12. The van der Waals surface area contributed by atoms with E-state index >= 15 is 0 Å². The fraction of sp³-hybridized carbons (Fsp3) is 0.500. The summed E-state index contributed by atoms with van der Waals surface area (Å²) in [6, 6.07) is 3.55. The van der Waals surface area contributed by atoms with Crippen molar-refractivity contribution in [1.82, 2.24) is 4.72 Å². The Hall–Kier alpha value is -1.14. The van der Waals surface area contributed by atoms with Gasteiger partial charge in [0.25, 0.3) is 0 Å². The molecule has 0 fully saturated rings. The zero-order valence-corrected chi connectivity index (χ0v) is 11.6. The van der Waals surface area contributed by atoms with Crippen LogP contribution in [0.2, 0.25) is 0 Å². The maximum absolute atomic E-state index is 13.6. The average Bonchev–Trinajstić information content (AvgIpc) is 2.26. The third kappa shape index (κ3) is 3.20. The monoisotopic (exact) mass is 274 g/mol. The number of nitrogens with two attached hydrogens (primary N) is 1. The van der Waals surface area contributed by atoms with Gasteiger partial charge in [-0.05, 0) is 25.0 Å². The maximum Gasteiger partial charge on any atom is 0.245 e. The molecule has 0 bridgehead atoms. The van der Waals surface area contributed by atoms with Crippen LogP contribution in [-0.4, -0.2) is 14.5 Å². The number of halogens is 1. The second-order valence-electron chi connectivity index (χ2n) is 4.45. The lowest BCUT2D eigenvalue weighted by Crippen LogP contribution is -2.37. The molecule has 1 aromatic carbocycles. The molecule has 0 radical (unpaired) electrons. The van der Waals surface area contributed by atoms with E-state index in [4.69, 9.17) is 5.73 Å². The van der Waals surface area contributed by atoms with E-state index in [1.807, 2.05) is 13.8 Å². The van der Waals surface area contributed by atoms with E-state index in [-0.39, 0.29) is 17.6 Å². The quantitative estimate of drug-likeness (QED) is 0.808. The van der Waals surface area contributed by atoms with E-state index in [1.54, 1.807) is 6.92 Å². The number of benzene rings is 1. The molecule has 102 valence electrons. The van der Waals surface area contributed by atoms with Crippen LogP contribution < -0.4 is 10.5 Å². The van der Waals surface area contributed by atoms with Gasteiger partial charge in [0.1, 0.15) is 10.7 Å². The second kappa shape index (κ2) is 5.67. The third-order valence-electron chi connectivity index (χ3n) is 3.10. The molecule has 0 amide bonds. The summed E-state index contributed by atoms with van der Waals surface area (Å²) < 4.78 is 40.2. The molecule has 1 rings (SSSR count). The van der Waals surface area contributed by atoms with Gasteiger partial charge >= 0.3 is 0 Å². The Labute approximate surface area is 107 Å². The first-order valence-electron chi connectivity index (χ1n) is 5.86. The number of sulfonamides is 1. The van der Waals surface area contributed by atoms with E-state index < -0.39 is 20.7 Å². The molecule has 0 aliphatic heterocycles. The molecule has 4 nitrogen and oxygen atoms in total. The molecular formula is C12H19FN2O2S. The molecule has 2 unspecified atom stereocenters. The van der Waals surface area contributed by atoms with E-state index in [0.29, 0.717) is 0 Å². The van der Waals surface area contributed by atoms with Crippen LogP contribution in [0.15, 0.2) is 23.1 Å². The van der Waals surface area contributed by atoms with Gasteiger partial charge in [0, 0.05) is 6.04 Å². The minimum atomic E-state index is -3.93. The van der Waals surface area contributed by atoms with Gasteiger partial charge in [0.05, 0.1) is 5.69 Å². The molecular weight excluding hydrogens is 255 g/mol. The number of nitrogens with one attached hydrogen (secondary N) is 1. The van der Waals surface area contributed by atoms with Crippen molar-refractivity contribution in [2.24, 2.45) is 5.92 Å². The van der Waals surface area contributed by atoms with Gasteiger partial charge in [-0.15, -0.1) is 0 Å². The van der Waals surface area contributed by atoms with Crippen molar-refractivity contribution in [1.29, 1.82) is 0 Å². The lowest BCUT2D eigenvalue weighted by Gasteiger charge is -2.20. The molecule has 2 atom stereocenters. The van der Waals surface area contributed by atoms with Crippen LogP contribution in [0.4, 0.5) is 10.1 Å². The first-order valence-corrected chi connectivity index (χ1v) is 7.34. The van der Waals surface area contributed by atoms with E-state index in [9.17, 15) is 12.8 Å². The third-order valence-corrected chi connectivity index (χ3v) is 4.75. The van der Waals surface area contributed by atoms with Crippen molar-refractivity contribution >= 4 is 15.7 Å². The maximum atomic E-state index is 13.6. The lowest BCUT2D eigenvalue weighted by atomic mass is 10.0. The summed E-state index contributed by atoms with van der Waals surface area (Å²) in [5.41, 5.74) is 5.45. The average molecular weight is 274 g/mol. The zero-order chi connectivity index (χ0) is 13.9. The Bertz CT molecular complexity index is 497. The van der Waals surface area contributed by atoms with Gasteiger partial charge in [-0.3, -0.25) is 0 Å². The minimum Gasteiger partial charge on any atom is -0.398 e. The lowest BCUT2D eigenvalue weighted by molar-refractivity contribution is 0.432. The van der Waals surface area contributed by atoms with Gasteiger partial charge in [-0.25, -0.2) is 17.5 Å². The SMILES string of the molecule is CCC(C)C(C)NS(=O)(=O)c1c(N)cccc1F. The first-order chi connectivity index (χ1) is 8.29. The number of nitrogen functional groups attached to an aromatic ring is 1. The topological polar surface area (TPSA) is 72.2 Å². The highest BCUT2D eigenvalue weighted by Crippen LogP contribution is 2.22. The molecule has 0 aliphatic carbocycles. The molecule has 0 spiro atoms. The van der Waals surface area contributed by atoms with Gasteiger partial charge in [0.15, 0.2) is 0 Å².